The van der Waals surface area contributed by atoms with E-state index < -0.39 is 9.05 Å². The van der Waals surface area contributed by atoms with Crippen molar-refractivity contribution in [2.24, 2.45) is 0 Å². The van der Waals surface area contributed by atoms with Crippen LogP contribution in [-0.4, -0.2) is 35.2 Å². The Bertz CT molecular complexity index is 58.6. The smallest absolute Gasteiger partial charge is 0.367 e. The van der Waals surface area contributed by atoms with E-state index in [4.69, 9.17) is 4.80 Å². The lowest BCUT2D eigenvalue weighted by molar-refractivity contribution is 0.0418. The molecule has 0 spiro atoms. The van der Waals surface area contributed by atoms with E-state index in [-0.39, 0.29) is 24.0 Å². The van der Waals surface area contributed by atoms with Crippen molar-refractivity contribution in [3.05, 3.63) is 0 Å². The van der Waals surface area contributed by atoms with Crippen LogP contribution >= 0.6 is 24.0 Å². The molecule has 0 unspecified atom stereocenters. The minimum absolute atomic E-state index is 0. The van der Waals surface area contributed by atoms with E-state index in [9.17, 15) is 0 Å². The maximum Gasteiger partial charge on any atom is 0.676 e. The highest BCUT2D eigenvalue weighted by Crippen LogP contribution is 1.97. The molecule has 0 aliphatic heterocycles. The predicted molar refractivity (Wildman–Crippen MR) is 44.4 cm³/mol. The van der Waals surface area contributed by atoms with Crippen molar-refractivity contribution in [1.82, 2.24) is 0 Å². The van der Waals surface area contributed by atoms with Gasteiger partial charge in [-0.15, -0.1) is 24.0 Å². The molecule has 0 fully saturated rings. The minimum atomic E-state index is -3.17. The van der Waals surface area contributed by atoms with Crippen molar-refractivity contribution in [1.29, 1.82) is 0 Å². The molecule has 0 bridgehead atoms. The van der Waals surface area contributed by atoms with Crippen LogP contribution in [0.1, 0.15) is 0 Å². The van der Waals surface area contributed by atoms with Gasteiger partial charge in [0.2, 0.25) is 0 Å². The Morgan fingerprint density at radius 3 is 1.22 bits per heavy atom. The molecule has 4 nitrogen and oxygen atoms in total. The molecular formula is C3H11IO4Si. The van der Waals surface area contributed by atoms with Crippen molar-refractivity contribution in [3.63, 3.8) is 0 Å². The molecule has 58 valence electrons. The third kappa shape index (κ3) is 4.23. The molecule has 0 rings (SSSR count). The Hall–Kier alpha value is 0.787. The molecule has 6 heteroatoms. The third-order valence-corrected chi connectivity index (χ3v) is 2.32. The van der Waals surface area contributed by atoms with Crippen molar-refractivity contribution in [2.75, 3.05) is 21.3 Å². The highest BCUT2D eigenvalue weighted by Gasteiger charge is 2.36. The molecule has 1 N–H and O–H groups in total. The number of rotatable bonds is 3. The first-order chi connectivity index (χ1) is 3.68. The van der Waals surface area contributed by atoms with Crippen molar-refractivity contribution >= 4 is 33.0 Å². The van der Waals surface area contributed by atoms with Crippen LogP contribution in [-0.2, 0) is 13.3 Å². The zero-order valence-electron chi connectivity index (χ0n) is 5.58. The maximum absolute atomic E-state index is 8.91. The van der Waals surface area contributed by atoms with E-state index in [2.05, 4.69) is 13.3 Å². The van der Waals surface area contributed by atoms with Crippen molar-refractivity contribution in [2.45, 2.75) is 0 Å². The van der Waals surface area contributed by atoms with Crippen LogP contribution in [0.2, 0.25) is 0 Å². The normalized spacial score (nSPS) is 10.7. The van der Waals surface area contributed by atoms with Crippen LogP contribution in [0.4, 0.5) is 0 Å². The second-order valence-electron chi connectivity index (χ2n) is 1.14. The number of hydrogen-bond donors (Lipinski definition) is 1. The standard InChI is InChI=1S/C3H10O4Si.HI/c1-5-8(4,6-2)7-3;/h4H,1-3H3;1H. The first kappa shape index (κ1) is 12.5. The lowest BCUT2D eigenvalue weighted by Crippen LogP contribution is -2.42. The summed E-state index contributed by atoms with van der Waals surface area (Å²) in [5.74, 6) is 0. The van der Waals surface area contributed by atoms with E-state index in [0.717, 1.165) is 0 Å². The Morgan fingerprint density at radius 2 is 1.22 bits per heavy atom. The molecule has 0 heterocycles. The first-order valence-electron chi connectivity index (χ1n) is 2.06. The van der Waals surface area contributed by atoms with Gasteiger partial charge in [0.15, 0.2) is 0 Å². The predicted octanol–water partition coefficient (Wildman–Crippen LogP) is -0.0285. The number of hydrogen-bond acceptors (Lipinski definition) is 4. The van der Waals surface area contributed by atoms with Gasteiger partial charge in [-0.2, -0.15) is 0 Å². The van der Waals surface area contributed by atoms with Gasteiger partial charge in [-0.1, -0.05) is 0 Å². The summed E-state index contributed by atoms with van der Waals surface area (Å²) in [6.45, 7) is 0. The molecule has 0 aliphatic carbocycles. The van der Waals surface area contributed by atoms with Crippen LogP contribution < -0.4 is 0 Å². The van der Waals surface area contributed by atoms with Crippen LogP contribution in [0.5, 0.6) is 0 Å². The highest BCUT2D eigenvalue weighted by atomic mass is 127. The quantitative estimate of drug-likeness (QED) is 0.575. The SMILES string of the molecule is CO[Si](O)(OC)OC.I. The topological polar surface area (TPSA) is 47.9 Å². The van der Waals surface area contributed by atoms with Gasteiger partial charge in [0.1, 0.15) is 0 Å². The second-order valence-corrected chi connectivity index (χ2v) is 3.41. The monoisotopic (exact) mass is 266 g/mol. The van der Waals surface area contributed by atoms with Gasteiger partial charge >= 0.3 is 9.05 Å². The van der Waals surface area contributed by atoms with Crippen LogP contribution in [0, 0.1) is 0 Å². The van der Waals surface area contributed by atoms with E-state index in [1.807, 2.05) is 0 Å². The summed E-state index contributed by atoms with van der Waals surface area (Å²) in [4.78, 5) is 8.91. The van der Waals surface area contributed by atoms with Crippen LogP contribution in [0.25, 0.3) is 0 Å². The van der Waals surface area contributed by atoms with Gasteiger partial charge in [0.05, 0.1) is 0 Å². The summed E-state index contributed by atoms with van der Waals surface area (Å²) in [5, 5.41) is 0. The number of halogens is 1. The molecule has 0 saturated heterocycles. The van der Waals surface area contributed by atoms with Crippen LogP contribution in [0.3, 0.4) is 0 Å². The summed E-state index contributed by atoms with van der Waals surface area (Å²) >= 11 is 0. The highest BCUT2D eigenvalue weighted by molar-refractivity contribution is 14.0. The van der Waals surface area contributed by atoms with Crippen LogP contribution in [0.15, 0.2) is 0 Å². The molecule has 0 aliphatic rings. The lowest BCUT2D eigenvalue weighted by atomic mass is 11.8. The molecule has 0 aromatic rings. The summed E-state index contributed by atoms with van der Waals surface area (Å²) in [7, 11) is 0.826. The van der Waals surface area contributed by atoms with E-state index in [1.165, 1.54) is 21.3 Å². The molecule has 0 aromatic heterocycles. The van der Waals surface area contributed by atoms with Gasteiger partial charge in [0, 0.05) is 21.3 Å². The summed E-state index contributed by atoms with van der Waals surface area (Å²) in [6, 6.07) is 0. The van der Waals surface area contributed by atoms with Crippen molar-refractivity contribution in [3.8, 4) is 0 Å². The largest absolute Gasteiger partial charge is 0.676 e. The first-order valence-corrected chi connectivity index (χ1v) is 3.73. The summed E-state index contributed by atoms with van der Waals surface area (Å²) < 4.78 is 13.5. The van der Waals surface area contributed by atoms with Gasteiger partial charge in [-0.3, -0.25) is 0 Å². The molecule has 0 atom stereocenters. The zero-order valence-corrected chi connectivity index (χ0v) is 8.91. The lowest BCUT2D eigenvalue weighted by Gasteiger charge is -2.14. The summed E-state index contributed by atoms with van der Waals surface area (Å²) in [6.07, 6.45) is 0. The molecule has 9 heavy (non-hydrogen) atoms. The Labute approximate surface area is 72.6 Å². The third-order valence-electron chi connectivity index (χ3n) is 0.774. The fraction of sp³-hybridized carbons (Fsp3) is 1.00. The van der Waals surface area contributed by atoms with Gasteiger partial charge in [0.25, 0.3) is 0 Å². The molecule has 0 amide bonds. The van der Waals surface area contributed by atoms with E-state index in [0.29, 0.717) is 0 Å². The Balaban J connectivity index is 0. The molecule has 0 saturated carbocycles. The Kier molecular flexibility index (Phi) is 7.70. The average Bonchev–Trinajstić information content (AvgIpc) is 1.87. The Morgan fingerprint density at radius 1 is 1.00 bits per heavy atom. The molecular weight excluding hydrogens is 255 g/mol. The average molecular weight is 266 g/mol. The molecule has 0 aromatic carbocycles. The maximum atomic E-state index is 8.91. The zero-order chi connectivity index (χ0) is 6.62. The second kappa shape index (κ2) is 5.56. The van der Waals surface area contributed by atoms with E-state index in [1.54, 1.807) is 0 Å². The van der Waals surface area contributed by atoms with Gasteiger partial charge in [-0.05, 0) is 0 Å². The van der Waals surface area contributed by atoms with Crippen molar-refractivity contribution < 1.29 is 18.1 Å². The van der Waals surface area contributed by atoms with Gasteiger partial charge < -0.3 is 18.1 Å². The molecule has 0 radical (unpaired) electrons. The van der Waals surface area contributed by atoms with Gasteiger partial charge in [-0.25, -0.2) is 0 Å². The minimum Gasteiger partial charge on any atom is -0.367 e. The summed E-state index contributed by atoms with van der Waals surface area (Å²) in [5.41, 5.74) is 0. The fourth-order valence-electron chi connectivity index (χ4n) is 0.250. The van der Waals surface area contributed by atoms with E-state index >= 15 is 0 Å². The fourth-order valence-corrected chi connectivity index (χ4v) is 0.750.